The van der Waals surface area contributed by atoms with Crippen molar-refractivity contribution in [3.8, 4) is 0 Å². The van der Waals surface area contributed by atoms with E-state index in [0.29, 0.717) is 0 Å². The van der Waals surface area contributed by atoms with Crippen LogP contribution in [0.25, 0.3) is 0 Å². The number of rotatable bonds is 4. The molecule has 2 saturated carbocycles. The summed E-state index contributed by atoms with van der Waals surface area (Å²) in [6.45, 7) is 2.22. The Hall–Kier alpha value is -0.540. The Kier molecular flexibility index (Phi) is 3.86. The number of halogens is 1. The summed E-state index contributed by atoms with van der Waals surface area (Å²) in [7, 11) is 2.24. The first-order valence-electron chi connectivity index (χ1n) is 7.35. The molecular formula is C16H23BrN2. The Morgan fingerprint density at radius 1 is 1.32 bits per heavy atom. The van der Waals surface area contributed by atoms with Gasteiger partial charge in [0.15, 0.2) is 0 Å². The Morgan fingerprint density at radius 3 is 2.84 bits per heavy atom. The molecule has 0 spiro atoms. The van der Waals surface area contributed by atoms with Crippen molar-refractivity contribution in [1.82, 2.24) is 4.90 Å². The second-order valence-corrected chi connectivity index (χ2v) is 7.25. The normalized spacial score (nSPS) is 29.3. The maximum atomic E-state index is 5.94. The number of nitrogen functional groups attached to an aromatic ring is 1. The summed E-state index contributed by atoms with van der Waals surface area (Å²) in [5, 5.41) is 0. The van der Waals surface area contributed by atoms with Crippen LogP contribution < -0.4 is 5.73 Å². The van der Waals surface area contributed by atoms with Crippen LogP contribution in [0.4, 0.5) is 5.69 Å². The number of hydrogen-bond acceptors (Lipinski definition) is 2. The van der Waals surface area contributed by atoms with E-state index in [2.05, 4.69) is 33.9 Å². The van der Waals surface area contributed by atoms with Crippen molar-refractivity contribution < 1.29 is 0 Å². The molecule has 0 heterocycles. The highest BCUT2D eigenvalue weighted by molar-refractivity contribution is 9.10. The molecule has 0 radical (unpaired) electrons. The van der Waals surface area contributed by atoms with E-state index < -0.39 is 0 Å². The molecule has 19 heavy (non-hydrogen) atoms. The number of benzene rings is 1. The molecule has 1 aromatic carbocycles. The van der Waals surface area contributed by atoms with Gasteiger partial charge in [0.05, 0.1) is 0 Å². The fourth-order valence-corrected chi connectivity index (χ4v) is 4.47. The highest BCUT2D eigenvalue weighted by Gasteiger charge is 2.39. The Labute approximate surface area is 124 Å². The van der Waals surface area contributed by atoms with Gasteiger partial charge in [-0.15, -0.1) is 0 Å². The zero-order valence-corrected chi connectivity index (χ0v) is 13.2. The number of anilines is 1. The molecule has 2 aliphatic carbocycles. The lowest BCUT2D eigenvalue weighted by atomic mass is 9.88. The van der Waals surface area contributed by atoms with Gasteiger partial charge < -0.3 is 10.6 Å². The number of nitrogens with zero attached hydrogens (tertiary/aromatic N) is 1. The third-order valence-electron chi connectivity index (χ3n) is 4.98. The molecule has 2 nitrogen and oxygen atoms in total. The first-order valence-corrected chi connectivity index (χ1v) is 8.14. The third-order valence-corrected chi connectivity index (χ3v) is 5.95. The van der Waals surface area contributed by atoms with E-state index in [4.69, 9.17) is 5.73 Å². The molecule has 2 N–H and O–H groups in total. The highest BCUT2D eigenvalue weighted by atomic mass is 79.9. The summed E-state index contributed by atoms with van der Waals surface area (Å²) >= 11 is 3.60. The molecule has 0 saturated heterocycles. The van der Waals surface area contributed by atoms with Crippen molar-refractivity contribution in [2.45, 2.75) is 32.2 Å². The second kappa shape index (κ2) is 5.45. The van der Waals surface area contributed by atoms with Crippen LogP contribution in [0, 0.1) is 17.8 Å². The molecule has 3 rings (SSSR count). The molecule has 0 aliphatic heterocycles. The summed E-state index contributed by atoms with van der Waals surface area (Å²) in [5.74, 6) is 2.99. The molecule has 2 aliphatic rings. The molecular weight excluding hydrogens is 300 g/mol. The zero-order valence-electron chi connectivity index (χ0n) is 11.6. The minimum atomic E-state index is 0.839. The maximum Gasteiger partial charge on any atom is 0.0461 e. The summed E-state index contributed by atoms with van der Waals surface area (Å²) in [5.41, 5.74) is 8.08. The molecule has 0 amide bonds. The smallest absolute Gasteiger partial charge is 0.0461 e. The summed E-state index contributed by atoms with van der Waals surface area (Å²) in [6, 6.07) is 6.15. The van der Waals surface area contributed by atoms with Gasteiger partial charge >= 0.3 is 0 Å². The van der Waals surface area contributed by atoms with E-state index in [0.717, 1.165) is 34.5 Å². The van der Waals surface area contributed by atoms with Gasteiger partial charge in [0, 0.05) is 23.2 Å². The molecule has 0 aromatic heterocycles. The average molecular weight is 323 g/mol. The zero-order chi connectivity index (χ0) is 13.4. The molecule has 3 atom stereocenters. The Balaban J connectivity index is 1.59. The van der Waals surface area contributed by atoms with Crippen LogP contribution in [0.1, 0.15) is 31.2 Å². The van der Waals surface area contributed by atoms with Gasteiger partial charge in [0.25, 0.3) is 0 Å². The van der Waals surface area contributed by atoms with E-state index in [1.54, 1.807) is 0 Å². The average Bonchev–Trinajstić information content (AvgIpc) is 2.97. The molecule has 2 bridgehead atoms. The third kappa shape index (κ3) is 2.82. The van der Waals surface area contributed by atoms with E-state index >= 15 is 0 Å². The minimum absolute atomic E-state index is 0.839. The predicted octanol–water partition coefficient (Wildman–Crippen LogP) is 3.90. The number of hydrogen-bond donors (Lipinski definition) is 1. The fraction of sp³-hybridized carbons (Fsp3) is 0.625. The van der Waals surface area contributed by atoms with Crippen molar-refractivity contribution in [2.75, 3.05) is 19.3 Å². The minimum Gasteiger partial charge on any atom is -0.398 e. The Morgan fingerprint density at radius 2 is 2.16 bits per heavy atom. The SMILES string of the molecule is CN(Cc1cccc(N)c1Br)CC1CC2CCC1C2. The first kappa shape index (κ1) is 13.4. The van der Waals surface area contributed by atoms with Crippen molar-refractivity contribution in [3.63, 3.8) is 0 Å². The van der Waals surface area contributed by atoms with Crippen LogP contribution in [-0.2, 0) is 6.54 Å². The lowest BCUT2D eigenvalue weighted by Crippen LogP contribution is -2.28. The summed E-state index contributed by atoms with van der Waals surface area (Å²) in [4.78, 5) is 2.46. The molecule has 2 fully saturated rings. The van der Waals surface area contributed by atoms with Gasteiger partial charge in [-0.1, -0.05) is 18.6 Å². The molecule has 3 unspecified atom stereocenters. The number of nitrogens with two attached hydrogens (primary N) is 1. The molecule has 104 valence electrons. The van der Waals surface area contributed by atoms with Crippen molar-refractivity contribution in [1.29, 1.82) is 0 Å². The van der Waals surface area contributed by atoms with Gasteiger partial charge in [-0.25, -0.2) is 0 Å². The van der Waals surface area contributed by atoms with Crippen molar-refractivity contribution in [2.24, 2.45) is 17.8 Å². The Bertz CT molecular complexity index is 460. The van der Waals surface area contributed by atoms with Gasteiger partial charge in [-0.05, 0) is 71.6 Å². The molecule has 3 heteroatoms. The quantitative estimate of drug-likeness (QED) is 0.852. The van der Waals surface area contributed by atoms with E-state index in [1.165, 1.54) is 37.8 Å². The van der Waals surface area contributed by atoms with Gasteiger partial charge in [0.2, 0.25) is 0 Å². The number of fused-ring (bicyclic) bond motifs is 2. The summed E-state index contributed by atoms with van der Waals surface area (Å²) < 4.78 is 1.06. The topological polar surface area (TPSA) is 29.3 Å². The van der Waals surface area contributed by atoms with Crippen LogP contribution >= 0.6 is 15.9 Å². The largest absolute Gasteiger partial charge is 0.398 e. The lowest BCUT2D eigenvalue weighted by Gasteiger charge is -2.27. The monoisotopic (exact) mass is 322 g/mol. The van der Waals surface area contributed by atoms with Crippen LogP contribution in [0.5, 0.6) is 0 Å². The molecule has 1 aromatic rings. The van der Waals surface area contributed by atoms with Crippen LogP contribution in [-0.4, -0.2) is 18.5 Å². The fourth-order valence-electron chi connectivity index (χ4n) is 4.08. The van der Waals surface area contributed by atoms with E-state index in [9.17, 15) is 0 Å². The van der Waals surface area contributed by atoms with Crippen LogP contribution in [0.15, 0.2) is 22.7 Å². The lowest BCUT2D eigenvalue weighted by molar-refractivity contribution is 0.214. The van der Waals surface area contributed by atoms with Crippen molar-refractivity contribution >= 4 is 21.6 Å². The van der Waals surface area contributed by atoms with Crippen LogP contribution in [0.2, 0.25) is 0 Å². The maximum absolute atomic E-state index is 5.94. The van der Waals surface area contributed by atoms with E-state index in [1.807, 2.05) is 12.1 Å². The van der Waals surface area contributed by atoms with Gasteiger partial charge in [-0.3, -0.25) is 0 Å². The first-order chi connectivity index (χ1) is 9.13. The van der Waals surface area contributed by atoms with Gasteiger partial charge in [-0.2, -0.15) is 0 Å². The van der Waals surface area contributed by atoms with Crippen molar-refractivity contribution in [3.05, 3.63) is 28.2 Å². The summed E-state index contributed by atoms with van der Waals surface area (Å²) in [6.07, 6.45) is 5.93. The predicted molar refractivity (Wildman–Crippen MR) is 83.8 cm³/mol. The highest BCUT2D eigenvalue weighted by Crippen LogP contribution is 2.48. The van der Waals surface area contributed by atoms with Crippen LogP contribution in [0.3, 0.4) is 0 Å². The second-order valence-electron chi connectivity index (χ2n) is 6.45. The standard InChI is InChI=1S/C16H23BrN2/c1-19(9-13-3-2-4-15(18)16(13)17)10-14-8-11-5-6-12(14)7-11/h2-4,11-12,14H,5-10,18H2,1H3. The van der Waals surface area contributed by atoms with Gasteiger partial charge in [0.1, 0.15) is 0 Å². The van der Waals surface area contributed by atoms with E-state index in [-0.39, 0.29) is 0 Å².